The lowest BCUT2D eigenvalue weighted by molar-refractivity contribution is -0.167. The second kappa shape index (κ2) is 69.8. The lowest BCUT2D eigenvalue weighted by atomic mass is 10.0. The molecular formula is C76H132O6. The molecule has 0 aromatic rings. The number of hydrogen-bond donors (Lipinski definition) is 0. The van der Waals surface area contributed by atoms with Gasteiger partial charge in [0.05, 0.1) is 0 Å². The number of carbonyl (C=O) groups excluding carboxylic acids is 3. The minimum atomic E-state index is -0.803. The molecule has 6 nitrogen and oxygen atoms in total. The van der Waals surface area contributed by atoms with Gasteiger partial charge in [-0.05, 0) is 122 Å². The van der Waals surface area contributed by atoms with Gasteiger partial charge in [-0.15, -0.1) is 0 Å². The fourth-order valence-electron chi connectivity index (χ4n) is 10.0. The Morgan fingerprint density at radius 3 is 0.780 bits per heavy atom. The summed E-state index contributed by atoms with van der Waals surface area (Å²) < 4.78 is 16.9. The fraction of sp³-hybridized carbons (Fsp3) is 0.750. The standard InChI is InChI=1S/C76H132O6/c1-4-7-10-13-16-19-22-25-28-30-31-32-33-34-35-36-37-38-39-40-41-42-43-44-45-46-49-51-54-57-60-63-66-69-75(78)81-72-73(71-80-74(77)68-65-62-59-56-53-50-47-27-24-21-18-15-12-9-6-3)82-76(79)70-67-64-61-58-55-52-48-29-26-23-20-17-14-11-8-5-2/h9,12,18,20-23,25,27,29-31,47-48,53,56,73H,4-8,10-11,13-17,19,24,26,28,32-46,49-52,54-55,57-72H2,1-3H3/b12-9-,21-18-,23-20-,25-22-,31-30-,47-27-,48-29-,56-53-. The largest absolute Gasteiger partial charge is 0.462 e. The SMILES string of the molecule is CC/C=C\C/C=C\C/C=C\C/C=C\CCCCC(=O)OCC(COC(=O)CCCCCCCCCCCCCCCCCCCCCCC/C=C\C/C=C\CCCCCCC)OC(=O)CCCCCCC/C=C\C/C=C\CCCCCC. The first kappa shape index (κ1) is 78.3. The maximum absolute atomic E-state index is 12.9. The van der Waals surface area contributed by atoms with Gasteiger partial charge in [0.15, 0.2) is 6.10 Å². The molecule has 0 heterocycles. The summed E-state index contributed by atoms with van der Waals surface area (Å²) in [4.78, 5) is 38.3. The van der Waals surface area contributed by atoms with Gasteiger partial charge in [0.2, 0.25) is 0 Å². The van der Waals surface area contributed by atoms with E-state index < -0.39 is 6.10 Å². The highest BCUT2D eigenvalue weighted by molar-refractivity contribution is 5.71. The van der Waals surface area contributed by atoms with Crippen LogP contribution in [0.2, 0.25) is 0 Å². The third kappa shape index (κ3) is 67.1. The van der Waals surface area contributed by atoms with Crippen LogP contribution in [0, 0.1) is 0 Å². The molecule has 0 aromatic carbocycles. The van der Waals surface area contributed by atoms with Crippen LogP contribution < -0.4 is 0 Å². The van der Waals surface area contributed by atoms with E-state index >= 15 is 0 Å². The maximum Gasteiger partial charge on any atom is 0.306 e. The van der Waals surface area contributed by atoms with Crippen molar-refractivity contribution in [1.29, 1.82) is 0 Å². The second-order valence-electron chi connectivity index (χ2n) is 23.4. The number of rotatable bonds is 64. The minimum absolute atomic E-state index is 0.0941. The Labute approximate surface area is 508 Å². The maximum atomic E-state index is 12.9. The molecule has 0 aromatic heterocycles. The average molecular weight is 1140 g/mol. The summed E-state index contributed by atoms with van der Waals surface area (Å²) in [5.41, 5.74) is 0. The van der Waals surface area contributed by atoms with E-state index in [0.717, 1.165) is 116 Å². The molecule has 0 amide bonds. The summed E-state index contributed by atoms with van der Waals surface area (Å²) in [7, 11) is 0. The van der Waals surface area contributed by atoms with Crippen molar-refractivity contribution < 1.29 is 28.6 Å². The molecule has 0 fully saturated rings. The Morgan fingerprint density at radius 2 is 0.476 bits per heavy atom. The number of allylic oxidation sites excluding steroid dienone is 16. The molecule has 0 N–H and O–H groups in total. The van der Waals surface area contributed by atoms with Crippen LogP contribution in [0.3, 0.4) is 0 Å². The average Bonchev–Trinajstić information content (AvgIpc) is 3.47. The predicted molar refractivity (Wildman–Crippen MR) is 357 cm³/mol. The van der Waals surface area contributed by atoms with Gasteiger partial charge in [0.25, 0.3) is 0 Å². The molecule has 1 atom stereocenters. The van der Waals surface area contributed by atoms with E-state index in [1.54, 1.807) is 0 Å². The van der Waals surface area contributed by atoms with Crippen LogP contribution >= 0.6 is 0 Å². The highest BCUT2D eigenvalue weighted by Crippen LogP contribution is 2.17. The summed E-state index contributed by atoms with van der Waals surface area (Å²) in [6.45, 7) is 6.48. The molecule has 6 heteroatoms. The van der Waals surface area contributed by atoms with Crippen LogP contribution in [0.1, 0.15) is 348 Å². The first-order valence-corrected chi connectivity index (χ1v) is 35.2. The summed E-state index contributed by atoms with van der Waals surface area (Å²) >= 11 is 0. The molecule has 0 radical (unpaired) electrons. The first-order chi connectivity index (χ1) is 40.5. The predicted octanol–water partition coefficient (Wildman–Crippen LogP) is 24.4. The normalized spacial score (nSPS) is 12.7. The number of ether oxygens (including phenoxy) is 3. The van der Waals surface area contributed by atoms with Crippen molar-refractivity contribution in [3.63, 3.8) is 0 Å². The molecule has 1 unspecified atom stereocenters. The number of esters is 3. The van der Waals surface area contributed by atoms with Gasteiger partial charge in [-0.25, -0.2) is 0 Å². The zero-order chi connectivity index (χ0) is 59.2. The Morgan fingerprint density at radius 1 is 0.256 bits per heavy atom. The molecule has 82 heavy (non-hydrogen) atoms. The van der Waals surface area contributed by atoms with Gasteiger partial charge in [-0.3, -0.25) is 14.4 Å². The van der Waals surface area contributed by atoms with Gasteiger partial charge in [-0.2, -0.15) is 0 Å². The Bertz CT molecular complexity index is 1590. The van der Waals surface area contributed by atoms with Crippen LogP contribution in [0.4, 0.5) is 0 Å². The van der Waals surface area contributed by atoms with Crippen LogP contribution in [0.15, 0.2) is 97.2 Å². The van der Waals surface area contributed by atoms with Crippen molar-refractivity contribution in [1.82, 2.24) is 0 Å². The van der Waals surface area contributed by atoms with Gasteiger partial charge in [0.1, 0.15) is 13.2 Å². The summed E-state index contributed by atoms with van der Waals surface area (Å²) in [6, 6.07) is 0. The molecule has 0 saturated heterocycles. The van der Waals surface area contributed by atoms with Crippen molar-refractivity contribution in [3.05, 3.63) is 97.2 Å². The topological polar surface area (TPSA) is 78.9 Å². The van der Waals surface area contributed by atoms with Crippen molar-refractivity contribution in [2.24, 2.45) is 0 Å². The van der Waals surface area contributed by atoms with Crippen molar-refractivity contribution >= 4 is 17.9 Å². The quantitative estimate of drug-likeness (QED) is 0.0261. The van der Waals surface area contributed by atoms with Gasteiger partial charge < -0.3 is 14.2 Å². The summed E-state index contributed by atoms with van der Waals surface area (Å²) in [5, 5.41) is 0. The zero-order valence-corrected chi connectivity index (χ0v) is 54.2. The van der Waals surface area contributed by atoms with E-state index in [2.05, 4.69) is 118 Å². The number of unbranched alkanes of at least 4 members (excludes halogenated alkanes) is 37. The fourth-order valence-corrected chi connectivity index (χ4v) is 10.0. The van der Waals surface area contributed by atoms with Crippen LogP contribution in [0.25, 0.3) is 0 Å². The smallest absolute Gasteiger partial charge is 0.306 e. The van der Waals surface area contributed by atoms with Crippen molar-refractivity contribution in [2.75, 3.05) is 13.2 Å². The Balaban J connectivity index is 4.20. The lowest BCUT2D eigenvalue weighted by Crippen LogP contribution is -2.30. The first-order valence-electron chi connectivity index (χ1n) is 35.2. The van der Waals surface area contributed by atoms with E-state index in [0.29, 0.717) is 19.3 Å². The zero-order valence-electron chi connectivity index (χ0n) is 54.2. The van der Waals surface area contributed by atoms with Gasteiger partial charge >= 0.3 is 17.9 Å². The Kier molecular flexibility index (Phi) is 66.7. The van der Waals surface area contributed by atoms with E-state index in [-0.39, 0.29) is 31.1 Å². The minimum Gasteiger partial charge on any atom is -0.462 e. The molecule has 0 bridgehead atoms. The van der Waals surface area contributed by atoms with Crippen molar-refractivity contribution in [3.8, 4) is 0 Å². The molecule has 0 aliphatic rings. The number of carbonyl (C=O) groups is 3. The third-order valence-electron chi connectivity index (χ3n) is 15.3. The molecule has 472 valence electrons. The van der Waals surface area contributed by atoms with Crippen LogP contribution in [-0.4, -0.2) is 37.2 Å². The summed E-state index contributed by atoms with van der Waals surface area (Å²) in [5.74, 6) is -0.938. The van der Waals surface area contributed by atoms with Crippen LogP contribution in [-0.2, 0) is 28.6 Å². The van der Waals surface area contributed by atoms with Gasteiger partial charge in [-0.1, -0.05) is 304 Å². The van der Waals surface area contributed by atoms with Gasteiger partial charge in [0, 0.05) is 19.3 Å². The second-order valence-corrected chi connectivity index (χ2v) is 23.4. The Hall–Kier alpha value is -3.67. The van der Waals surface area contributed by atoms with E-state index in [4.69, 9.17) is 14.2 Å². The highest BCUT2D eigenvalue weighted by atomic mass is 16.6. The number of hydrogen-bond acceptors (Lipinski definition) is 6. The lowest BCUT2D eigenvalue weighted by Gasteiger charge is -2.18. The van der Waals surface area contributed by atoms with E-state index in [9.17, 15) is 14.4 Å². The molecule has 0 rings (SSSR count). The monoisotopic (exact) mass is 1140 g/mol. The third-order valence-corrected chi connectivity index (χ3v) is 15.3. The van der Waals surface area contributed by atoms with Crippen LogP contribution in [0.5, 0.6) is 0 Å². The van der Waals surface area contributed by atoms with E-state index in [1.165, 1.54) is 193 Å². The van der Waals surface area contributed by atoms with Crippen molar-refractivity contribution in [2.45, 2.75) is 354 Å². The summed E-state index contributed by atoms with van der Waals surface area (Å²) in [6.07, 6.45) is 94.5. The van der Waals surface area contributed by atoms with E-state index in [1.807, 2.05) is 0 Å². The molecule has 0 spiro atoms. The molecular weight excluding hydrogens is 1010 g/mol. The molecule has 0 aliphatic heterocycles. The molecule has 0 aliphatic carbocycles. The molecule has 0 saturated carbocycles. The highest BCUT2D eigenvalue weighted by Gasteiger charge is 2.19.